The lowest BCUT2D eigenvalue weighted by molar-refractivity contribution is -0.142. The molecule has 0 saturated heterocycles. The van der Waals surface area contributed by atoms with Crippen molar-refractivity contribution in [3.05, 3.63) is 24.2 Å². The van der Waals surface area contributed by atoms with Crippen molar-refractivity contribution in [2.75, 3.05) is 7.11 Å². The summed E-state index contributed by atoms with van der Waals surface area (Å²) in [4.78, 5) is 10.8. The zero-order valence-electron chi connectivity index (χ0n) is 6.11. The van der Waals surface area contributed by atoms with Crippen LogP contribution in [0.25, 0.3) is 0 Å². The molecule has 0 aliphatic rings. The molecule has 0 aromatic carbocycles. The fraction of sp³-hybridized carbons (Fsp3) is 0.286. The number of ether oxygens (including phenoxy) is 1. The number of furan rings is 1. The molecule has 0 aliphatic heterocycles. The van der Waals surface area contributed by atoms with Gasteiger partial charge in [0.15, 0.2) is 0 Å². The van der Waals surface area contributed by atoms with Crippen molar-refractivity contribution < 1.29 is 13.9 Å². The third-order valence-electron chi connectivity index (χ3n) is 1.36. The van der Waals surface area contributed by atoms with E-state index in [9.17, 15) is 4.79 Å². The van der Waals surface area contributed by atoms with Gasteiger partial charge >= 0.3 is 5.97 Å². The first-order valence-electron chi connectivity index (χ1n) is 3.11. The first kappa shape index (κ1) is 7.81. The van der Waals surface area contributed by atoms with Gasteiger partial charge in [-0.1, -0.05) is 0 Å². The number of hydrogen-bond acceptors (Lipinski definition) is 4. The number of carbonyl (C=O) groups excluding carboxylic acids is 1. The number of rotatable bonds is 2. The Morgan fingerprint density at radius 3 is 3.00 bits per heavy atom. The highest BCUT2D eigenvalue weighted by Gasteiger charge is 2.16. The third kappa shape index (κ3) is 1.59. The zero-order valence-corrected chi connectivity index (χ0v) is 6.11. The number of methoxy groups -OCH3 is 1. The Balaban J connectivity index is 2.70. The zero-order chi connectivity index (χ0) is 8.27. The van der Waals surface area contributed by atoms with E-state index in [1.54, 1.807) is 6.07 Å². The molecule has 1 aromatic heterocycles. The molecule has 1 heterocycles. The normalized spacial score (nSPS) is 12.5. The average Bonchev–Trinajstić information content (AvgIpc) is 2.53. The largest absolute Gasteiger partial charge is 0.472 e. The average molecular weight is 155 g/mol. The standard InChI is InChI=1S/C7H9NO3/c1-10-7(9)6(8)5-2-3-11-4-5/h2-4,6H,8H2,1H3/t6-/m0/s1. The van der Waals surface area contributed by atoms with Crippen LogP contribution in [0.15, 0.2) is 23.0 Å². The van der Waals surface area contributed by atoms with Crippen molar-refractivity contribution in [2.45, 2.75) is 6.04 Å². The molecule has 0 saturated carbocycles. The molecule has 4 nitrogen and oxygen atoms in total. The maximum atomic E-state index is 10.8. The SMILES string of the molecule is COC(=O)[C@@H](N)c1ccoc1. The van der Waals surface area contributed by atoms with Crippen LogP contribution in [0, 0.1) is 0 Å². The van der Waals surface area contributed by atoms with E-state index in [4.69, 9.17) is 10.2 Å². The van der Waals surface area contributed by atoms with Gasteiger partial charge < -0.3 is 14.9 Å². The van der Waals surface area contributed by atoms with E-state index in [0.717, 1.165) is 0 Å². The Morgan fingerprint density at radius 2 is 2.55 bits per heavy atom. The summed E-state index contributed by atoms with van der Waals surface area (Å²) in [5.41, 5.74) is 6.08. The minimum Gasteiger partial charge on any atom is -0.472 e. The summed E-state index contributed by atoms with van der Waals surface area (Å²) in [7, 11) is 1.29. The molecule has 1 rings (SSSR count). The summed E-state index contributed by atoms with van der Waals surface area (Å²) in [6, 6.07) is 0.889. The second-order valence-electron chi connectivity index (χ2n) is 2.06. The van der Waals surface area contributed by atoms with Gasteiger partial charge in [-0.15, -0.1) is 0 Å². The van der Waals surface area contributed by atoms with Gasteiger partial charge in [-0.25, -0.2) is 0 Å². The Hall–Kier alpha value is -1.29. The first-order valence-corrected chi connectivity index (χ1v) is 3.11. The molecule has 1 atom stereocenters. The van der Waals surface area contributed by atoms with Crippen LogP contribution in [0.4, 0.5) is 0 Å². The smallest absolute Gasteiger partial charge is 0.327 e. The van der Waals surface area contributed by atoms with Crippen molar-refractivity contribution >= 4 is 5.97 Å². The van der Waals surface area contributed by atoms with Gasteiger partial charge in [0.05, 0.1) is 19.6 Å². The predicted molar refractivity (Wildman–Crippen MR) is 37.7 cm³/mol. The maximum Gasteiger partial charge on any atom is 0.327 e. The van der Waals surface area contributed by atoms with Crippen molar-refractivity contribution in [3.8, 4) is 0 Å². The second kappa shape index (κ2) is 3.21. The van der Waals surface area contributed by atoms with Crippen LogP contribution in [0.5, 0.6) is 0 Å². The molecule has 0 unspecified atom stereocenters. The van der Waals surface area contributed by atoms with Crippen molar-refractivity contribution in [3.63, 3.8) is 0 Å². The van der Waals surface area contributed by atoms with E-state index in [1.807, 2.05) is 0 Å². The van der Waals surface area contributed by atoms with E-state index >= 15 is 0 Å². The minimum absolute atomic E-state index is 0.466. The third-order valence-corrected chi connectivity index (χ3v) is 1.36. The summed E-state index contributed by atoms with van der Waals surface area (Å²) >= 11 is 0. The Bertz CT molecular complexity index is 230. The molecule has 60 valence electrons. The fourth-order valence-corrected chi connectivity index (χ4v) is 0.715. The quantitative estimate of drug-likeness (QED) is 0.630. The molecular formula is C7H9NO3. The van der Waals surface area contributed by atoms with Gasteiger partial charge in [-0.05, 0) is 6.07 Å². The topological polar surface area (TPSA) is 65.5 Å². The summed E-state index contributed by atoms with van der Waals surface area (Å²) in [5, 5.41) is 0. The van der Waals surface area contributed by atoms with Crippen LogP contribution in [0.2, 0.25) is 0 Å². The number of nitrogens with two attached hydrogens (primary N) is 1. The van der Waals surface area contributed by atoms with Gasteiger partial charge in [-0.3, -0.25) is 4.79 Å². The van der Waals surface area contributed by atoms with Gasteiger partial charge in [0.1, 0.15) is 6.04 Å². The lowest BCUT2D eigenvalue weighted by Crippen LogP contribution is -2.21. The van der Waals surface area contributed by atoms with Gasteiger partial charge in [0, 0.05) is 5.56 Å². The van der Waals surface area contributed by atoms with E-state index < -0.39 is 12.0 Å². The lowest BCUT2D eigenvalue weighted by Gasteiger charge is -2.04. The molecule has 4 heteroatoms. The Kier molecular flexibility index (Phi) is 2.28. The molecular weight excluding hydrogens is 146 g/mol. The lowest BCUT2D eigenvalue weighted by atomic mass is 10.2. The summed E-state index contributed by atoms with van der Waals surface area (Å²) in [6.07, 6.45) is 2.87. The molecule has 11 heavy (non-hydrogen) atoms. The second-order valence-corrected chi connectivity index (χ2v) is 2.06. The highest BCUT2D eigenvalue weighted by molar-refractivity contribution is 5.76. The molecule has 2 N–H and O–H groups in total. The van der Waals surface area contributed by atoms with Crippen LogP contribution < -0.4 is 5.73 Å². The van der Waals surface area contributed by atoms with Crippen LogP contribution in [-0.2, 0) is 9.53 Å². The van der Waals surface area contributed by atoms with E-state index in [0.29, 0.717) is 5.56 Å². The molecule has 0 amide bonds. The van der Waals surface area contributed by atoms with E-state index in [-0.39, 0.29) is 0 Å². The number of carbonyl (C=O) groups is 1. The van der Waals surface area contributed by atoms with Crippen LogP contribution in [0.3, 0.4) is 0 Å². The predicted octanol–water partition coefficient (Wildman–Crippen LogP) is 0.452. The van der Waals surface area contributed by atoms with Gasteiger partial charge in [0.25, 0.3) is 0 Å². The van der Waals surface area contributed by atoms with Crippen LogP contribution in [-0.4, -0.2) is 13.1 Å². The number of esters is 1. The van der Waals surface area contributed by atoms with Crippen molar-refractivity contribution in [1.82, 2.24) is 0 Å². The Morgan fingerprint density at radius 1 is 1.82 bits per heavy atom. The van der Waals surface area contributed by atoms with E-state index in [2.05, 4.69) is 4.74 Å². The van der Waals surface area contributed by atoms with Crippen LogP contribution >= 0.6 is 0 Å². The Labute approximate surface area is 63.9 Å². The highest BCUT2D eigenvalue weighted by atomic mass is 16.5. The molecule has 1 aromatic rings. The molecule has 0 spiro atoms. The summed E-state index contributed by atoms with van der Waals surface area (Å²) in [5.74, 6) is -0.466. The maximum absolute atomic E-state index is 10.8. The first-order chi connectivity index (χ1) is 5.25. The van der Waals surface area contributed by atoms with E-state index in [1.165, 1.54) is 19.6 Å². The summed E-state index contributed by atoms with van der Waals surface area (Å²) < 4.78 is 9.17. The molecule has 0 radical (unpaired) electrons. The minimum atomic E-state index is -0.737. The monoisotopic (exact) mass is 155 g/mol. The van der Waals surface area contributed by atoms with Crippen LogP contribution in [0.1, 0.15) is 11.6 Å². The van der Waals surface area contributed by atoms with Crippen molar-refractivity contribution in [2.24, 2.45) is 5.73 Å². The van der Waals surface area contributed by atoms with Gasteiger partial charge in [-0.2, -0.15) is 0 Å². The van der Waals surface area contributed by atoms with Gasteiger partial charge in [0.2, 0.25) is 0 Å². The fourth-order valence-electron chi connectivity index (χ4n) is 0.715. The van der Waals surface area contributed by atoms with Crippen molar-refractivity contribution in [1.29, 1.82) is 0 Å². The molecule has 0 fully saturated rings. The molecule has 0 bridgehead atoms. The number of hydrogen-bond donors (Lipinski definition) is 1. The molecule has 0 aliphatic carbocycles. The summed E-state index contributed by atoms with van der Waals surface area (Å²) in [6.45, 7) is 0. The highest BCUT2D eigenvalue weighted by Crippen LogP contribution is 2.10.